The van der Waals surface area contributed by atoms with Crippen LogP contribution in [0.4, 0.5) is 16.2 Å². The van der Waals surface area contributed by atoms with Crippen LogP contribution in [-0.2, 0) is 11.2 Å². The Hall–Kier alpha value is -4.89. The number of carbonyl (C=O) groups excluding carboxylic acids is 1. The lowest BCUT2D eigenvalue weighted by molar-refractivity contribution is 0.0488. The summed E-state index contributed by atoms with van der Waals surface area (Å²) >= 11 is 1.65. The molecule has 0 aliphatic heterocycles. The highest BCUT2D eigenvalue weighted by atomic mass is 32.1. The van der Waals surface area contributed by atoms with Gasteiger partial charge < -0.3 is 25.1 Å². The molecule has 0 saturated heterocycles. The highest BCUT2D eigenvalue weighted by Gasteiger charge is 2.21. The van der Waals surface area contributed by atoms with Crippen molar-refractivity contribution in [1.82, 2.24) is 20.3 Å². The van der Waals surface area contributed by atoms with E-state index in [1.54, 1.807) is 17.5 Å². The van der Waals surface area contributed by atoms with Gasteiger partial charge in [-0.1, -0.05) is 36.4 Å². The fourth-order valence-electron chi connectivity index (χ4n) is 4.90. The number of aromatic amines is 1. The van der Waals surface area contributed by atoms with E-state index in [0.717, 1.165) is 48.4 Å². The number of rotatable bonds is 9. The molecule has 9 heteroatoms. The zero-order valence-electron chi connectivity index (χ0n) is 24.3. The Kier molecular flexibility index (Phi) is 7.98. The fraction of sp³-hybridized carbons (Fsp3) is 0.206. The Morgan fingerprint density at radius 2 is 1.74 bits per heavy atom. The Bertz CT molecular complexity index is 1860. The minimum absolute atomic E-state index is 0.241. The maximum Gasteiger partial charge on any atom is 0.408 e. The largest absolute Gasteiger partial charge is 0.490 e. The Labute approximate surface area is 254 Å². The van der Waals surface area contributed by atoms with Crippen molar-refractivity contribution in [1.29, 1.82) is 0 Å². The van der Waals surface area contributed by atoms with Crippen LogP contribution in [0.15, 0.2) is 97.7 Å². The van der Waals surface area contributed by atoms with Gasteiger partial charge in [0.2, 0.25) is 0 Å². The molecule has 6 aromatic rings. The summed E-state index contributed by atoms with van der Waals surface area (Å²) < 4.78 is 12.9. The zero-order valence-corrected chi connectivity index (χ0v) is 25.1. The summed E-state index contributed by atoms with van der Waals surface area (Å²) in [5.41, 5.74) is 4.42. The van der Waals surface area contributed by atoms with E-state index in [9.17, 15) is 4.79 Å². The number of para-hydroxylation sites is 2. The molecule has 0 bridgehead atoms. The SMILES string of the molecule is CC(C)(C)OC(=O)NC(COc1cncc(-c2cc3c(Nc4ccccc4)cncc3s2)c1)Cc1c[nH]c2ccccc12. The molecular formula is C34H33N5O3S. The Morgan fingerprint density at radius 3 is 2.58 bits per heavy atom. The average Bonchev–Trinajstić information content (AvgIpc) is 3.61. The van der Waals surface area contributed by atoms with E-state index in [1.165, 1.54) is 0 Å². The second kappa shape index (κ2) is 12.1. The summed E-state index contributed by atoms with van der Waals surface area (Å²) in [5.74, 6) is 0.616. The lowest BCUT2D eigenvalue weighted by Crippen LogP contribution is -2.43. The van der Waals surface area contributed by atoms with E-state index >= 15 is 0 Å². The van der Waals surface area contributed by atoms with Crippen LogP contribution in [0.5, 0.6) is 5.75 Å². The summed E-state index contributed by atoms with van der Waals surface area (Å²) in [6.07, 6.45) is 9.31. The van der Waals surface area contributed by atoms with E-state index in [0.29, 0.717) is 12.2 Å². The van der Waals surface area contributed by atoms with Crippen LogP contribution in [0, 0.1) is 0 Å². The van der Waals surface area contributed by atoms with Crippen molar-refractivity contribution < 1.29 is 14.3 Å². The van der Waals surface area contributed by atoms with Crippen LogP contribution in [0.2, 0.25) is 0 Å². The van der Waals surface area contributed by atoms with Crippen LogP contribution < -0.4 is 15.4 Å². The second-order valence-electron chi connectivity index (χ2n) is 11.3. The third kappa shape index (κ3) is 6.95. The number of nitrogens with zero attached hydrogens (tertiary/aromatic N) is 2. The van der Waals surface area contributed by atoms with Gasteiger partial charge in [-0.25, -0.2) is 4.79 Å². The van der Waals surface area contributed by atoms with E-state index in [-0.39, 0.29) is 12.6 Å². The summed E-state index contributed by atoms with van der Waals surface area (Å²) in [4.78, 5) is 26.0. The molecule has 0 aliphatic rings. The number of aromatic nitrogens is 3. The van der Waals surface area contributed by atoms with Crippen molar-refractivity contribution in [3.63, 3.8) is 0 Å². The quantitative estimate of drug-likeness (QED) is 0.157. The number of carbonyl (C=O) groups is 1. The van der Waals surface area contributed by atoms with Gasteiger partial charge in [-0.3, -0.25) is 9.97 Å². The molecule has 1 unspecified atom stereocenters. The van der Waals surface area contributed by atoms with Crippen LogP contribution >= 0.6 is 11.3 Å². The number of anilines is 2. The fourth-order valence-corrected chi connectivity index (χ4v) is 5.94. The van der Waals surface area contributed by atoms with Gasteiger partial charge in [0.05, 0.1) is 28.8 Å². The topological polar surface area (TPSA) is 101 Å². The molecule has 43 heavy (non-hydrogen) atoms. The summed E-state index contributed by atoms with van der Waals surface area (Å²) in [5, 5.41) is 8.68. The number of alkyl carbamates (subject to hydrolysis) is 1. The molecular weight excluding hydrogens is 558 g/mol. The number of hydrogen-bond donors (Lipinski definition) is 3. The molecule has 2 aromatic carbocycles. The van der Waals surface area contributed by atoms with Gasteiger partial charge in [-0.15, -0.1) is 11.3 Å². The van der Waals surface area contributed by atoms with E-state index in [1.807, 2.05) is 100 Å². The van der Waals surface area contributed by atoms with Gasteiger partial charge in [0.15, 0.2) is 0 Å². The summed E-state index contributed by atoms with van der Waals surface area (Å²) in [7, 11) is 0. The van der Waals surface area contributed by atoms with E-state index in [2.05, 4.69) is 37.7 Å². The Balaban J connectivity index is 1.20. The normalized spacial score (nSPS) is 12.3. The zero-order chi connectivity index (χ0) is 29.8. The highest BCUT2D eigenvalue weighted by molar-refractivity contribution is 7.22. The number of fused-ring (bicyclic) bond motifs is 2. The summed E-state index contributed by atoms with van der Waals surface area (Å²) in [6, 6.07) is 22.0. The number of pyridine rings is 2. The first-order valence-electron chi connectivity index (χ1n) is 14.1. The van der Waals surface area contributed by atoms with Crippen LogP contribution in [0.1, 0.15) is 26.3 Å². The third-order valence-electron chi connectivity index (χ3n) is 6.81. The molecule has 0 radical (unpaired) electrons. The van der Waals surface area contributed by atoms with Crippen molar-refractivity contribution in [3.8, 4) is 16.2 Å². The molecule has 0 saturated carbocycles. The number of hydrogen-bond acceptors (Lipinski definition) is 7. The van der Waals surface area contributed by atoms with Gasteiger partial charge in [-0.2, -0.15) is 0 Å². The maximum atomic E-state index is 12.7. The standard InChI is InChI=1S/C34H33N5O3S/c1-34(2,3)42-33(40)39-25(13-22-17-37-29-12-8-7-11-27(22)29)21-41-26-14-23(16-35-18-26)31-15-28-30(19-36-20-32(28)43-31)38-24-9-5-4-6-10-24/h4-12,14-20,25,37-38H,13,21H2,1-3H3,(H,39,40). The van der Waals surface area contributed by atoms with Gasteiger partial charge in [0.1, 0.15) is 18.0 Å². The Morgan fingerprint density at radius 1 is 0.953 bits per heavy atom. The number of ether oxygens (including phenoxy) is 2. The summed E-state index contributed by atoms with van der Waals surface area (Å²) in [6.45, 7) is 5.78. The van der Waals surface area contributed by atoms with Gasteiger partial charge in [-0.05, 0) is 63.1 Å². The van der Waals surface area contributed by atoms with Gasteiger partial charge >= 0.3 is 6.09 Å². The van der Waals surface area contributed by atoms with Crippen molar-refractivity contribution in [2.24, 2.45) is 0 Å². The van der Waals surface area contributed by atoms with Gasteiger partial charge in [0, 0.05) is 51.0 Å². The monoisotopic (exact) mass is 591 g/mol. The minimum Gasteiger partial charge on any atom is -0.490 e. The molecule has 6 rings (SSSR count). The molecule has 1 atom stereocenters. The average molecular weight is 592 g/mol. The van der Waals surface area contributed by atoms with Gasteiger partial charge in [0.25, 0.3) is 0 Å². The molecule has 8 nitrogen and oxygen atoms in total. The van der Waals surface area contributed by atoms with Crippen molar-refractivity contribution in [2.75, 3.05) is 11.9 Å². The molecule has 4 heterocycles. The van der Waals surface area contributed by atoms with E-state index in [4.69, 9.17) is 9.47 Å². The molecule has 4 aromatic heterocycles. The van der Waals surface area contributed by atoms with Crippen LogP contribution in [0.3, 0.4) is 0 Å². The smallest absolute Gasteiger partial charge is 0.408 e. The molecule has 218 valence electrons. The lowest BCUT2D eigenvalue weighted by atomic mass is 10.1. The number of H-pyrrole nitrogens is 1. The lowest BCUT2D eigenvalue weighted by Gasteiger charge is -2.24. The van der Waals surface area contributed by atoms with Crippen molar-refractivity contribution in [3.05, 3.63) is 103 Å². The predicted molar refractivity (Wildman–Crippen MR) is 173 cm³/mol. The molecule has 3 N–H and O–H groups in total. The molecule has 1 amide bonds. The molecule has 0 fully saturated rings. The van der Waals surface area contributed by atoms with Crippen molar-refractivity contribution >= 4 is 49.8 Å². The first kappa shape index (κ1) is 28.2. The highest BCUT2D eigenvalue weighted by Crippen LogP contribution is 2.38. The number of benzene rings is 2. The predicted octanol–water partition coefficient (Wildman–Crippen LogP) is 8.10. The van der Waals surface area contributed by atoms with Crippen LogP contribution in [-0.4, -0.2) is 39.3 Å². The minimum atomic E-state index is -0.606. The number of thiophene rings is 1. The first-order valence-corrected chi connectivity index (χ1v) is 14.9. The second-order valence-corrected chi connectivity index (χ2v) is 12.4. The maximum absolute atomic E-state index is 12.7. The molecule has 0 spiro atoms. The van der Waals surface area contributed by atoms with E-state index < -0.39 is 11.7 Å². The number of nitrogens with one attached hydrogen (secondary N) is 3. The number of amides is 1. The van der Waals surface area contributed by atoms with Crippen molar-refractivity contribution in [2.45, 2.75) is 38.8 Å². The first-order chi connectivity index (χ1) is 20.8. The third-order valence-corrected chi connectivity index (χ3v) is 7.93. The van der Waals surface area contributed by atoms with Crippen LogP contribution in [0.25, 0.3) is 31.4 Å². The molecule has 0 aliphatic carbocycles.